The van der Waals surface area contributed by atoms with E-state index in [-0.39, 0.29) is 25.7 Å². The second kappa shape index (κ2) is 74.7. The number of rotatable bonds is 74. The van der Waals surface area contributed by atoms with Gasteiger partial charge in [-0.05, 0) is 122 Å². The van der Waals surface area contributed by atoms with Crippen molar-refractivity contribution >= 4 is 39.5 Å². The summed E-state index contributed by atoms with van der Waals surface area (Å²) in [5.41, 5.74) is 0. The maximum Gasteiger partial charge on any atom is 0.472 e. The highest BCUT2D eigenvalue weighted by atomic mass is 31.2. The van der Waals surface area contributed by atoms with Crippen LogP contribution in [0.25, 0.3) is 0 Å². The Kier molecular flexibility index (Phi) is 71.4. The summed E-state index contributed by atoms with van der Waals surface area (Å²) >= 11 is 0. The van der Waals surface area contributed by atoms with E-state index in [2.05, 4.69) is 137 Å². The van der Waals surface area contributed by atoms with Crippen molar-refractivity contribution in [3.8, 4) is 0 Å². The molecule has 19 heteroatoms. The minimum absolute atomic E-state index is 0.0647. The van der Waals surface area contributed by atoms with Gasteiger partial charge in [-0.1, -0.05) is 297 Å². The molecule has 0 aromatic carbocycles. The number of allylic oxidation sites excluding steroid dienone is 20. The van der Waals surface area contributed by atoms with Gasteiger partial charge in [0.2, 0.25) is 0 Å². The molecule has 0 spiro atoms. The summed E-state index contributed by atoms with van der Waals surface area (Å²) < 4.78 is 68.5. The van der Waals surface area contributed by atoms with E-state index < -0.39 is 97.5 Å². The van der Waals surface area contributed by atoms with Gasteiger partial charge in [0.05, 0.1) is 26.4 Å². The van der Waals surface area contributed by atoms with Gasteiger partial charge in [0.1, 0.15) is 19.3 Å². The summed E-state index contributed by atoms with van der Waals surface area (Å²) in [6.45, 7) is 4.52. The van der Waals surface area contributed by atoms with Crippen molar-refractivity contribution < 1.29 is 80.2 Å². The van der Waals surface area contributed by atoms with E-state index >= 15 is 0 Å². The molecule has 0 aliphatic rings. The van der Waals surface area contributed by atoms with Crippen LogP contribution in [-0.2, 0) is 65.4 Å². The molecule has 3 N–H and O–H groups in total. The first-order valence-electron chi connectivity index (χ1n) is 39.8. The number of phosphoric acid groups is 2. The van der Waals surface area contributed by atoms with Crippen molar-refractivity contribution in [1.82, 2.24) is 0 Å². The molecular formula is C83H142O17P2. The second-order valence-electron chi connectivity index (χ2n) is 26.2. The van der Waals surface area contributed by atoms with Crippen molar-refractivity contribution in [2.75, 3.05) is 39.6 Å². The van der Waals surface area contributed by atoms with Crippen molar-refractivity contribution in [3.63, 3.8) is 0 Å². The van der Waals surface area contributed by atoms with E-state index in [9.17, 15) is 43.2 Å². The first-order chi connectivity index (χ1) is 49.7. The van der Waals surface area contributed by atoms with E-state index in [0.717, 1.165) is 173 Å². The Morgan fingerprint density at radius 1 is 0.284 bits per heavy atom. The first kappa shape index (κ1) is 97.5. The van der Waals surface area contributed by atoms with Crippen LogP contribution in [0, 0.1) is 0 Å². The highest BCUT2D eigenvalue weighted by molar-refractivity contribution is 7.47. The molecule has 102 heavy (non-hydrogen) atoms. The Bertz CT molecular complexity index is 2410. The average Bonchev–Trinajstić information content (AvgIpc) is 0.908. The third kappa shape index (κ3) is 73.8. The number of phosphoric ester groups is 2. The number of carbonyl (C=O) groups excluding carboxylic acids is 4. The van der Waals surface area contributed by atoms with Gasteiger partial charge in [0.25, 0.3) is 0 Å². The molecule has 0 amide bonds. The fourth-order valence-electron chi connectivity index (χ4n) is 10.4. The summed E-state index contributed by atoms with van der Waals surface area (Å²) in [5, 5.41) is 10.6. The molecule has 0 saturated carbocycles. The normalized spacial score (nSPS) is 14.5. The molecule has 586 valence electrons. The molecule has 0 heterocycles. The third-order valence-corrected chi connectivity index (χ3v) is 18.3. The van der Waals surface area contributed by atoms with E-state index in [1.807, 2.05) is 12.2 Å². The van der Waals surface area contributed by atoms with Crippen LogP contribution < -0.4 is 0 Å². The standard InChI is InChI=1S/C83H142O17P2/c1-5-9-13-17-21-25-29-33-36-38-41-44-47-51-55-59-63-67-80(85)93-73-78(99-82(87)69-65-61-57-53-49-43-32-28-24-20-16-12-8-4)75-97-101(89,90)95-71-77(84)72-96-102(91,92)98-76-79(100-83(88)70-66-62-58-54-50-46-40-35-31-27-23-19-15-11-7-3)74-94-81(86)68-64-60-56-52-48-45-42-39-37-34-30-26-22-18-14-10-6-2/h9-10,13-14,16,20-22,25-26,28,32-34,36-37,41,44,51,55,77-79,84H,5-8,11-12,15,17-19,23-24,27,29-31,35,38-40,42-43,45-50,52-54,56-76H2,1-4H3,(H,89,90)(H,91,92)/b13-9-,14-10-,20-16-,25-21-,26-22-,32-28-,36-33-,37-34-,44-41-,55-51-. The number of hydrogen-bond donors (Lipinski definition) is 3. The van der Waals surface area contributed by atoms with Crippen LogP contribution in [0.3, 0.4) is 0 Å². The van der Waals surface area contributed by atoms with Crippen LogP contribution in [0.5, 0.6) is 0 Å². The highest BCUT2D eigenvalue weighted by Gasteiger charge is 2.30. The maximum atomic E-state index is 13.1. The molecule has 0 rings (SSSR count). The lowest BCUT2D eigenvalue weighted by Gasteiger charge is -2.21. The van der Waals surface area contributed by atoms with Crippen LogP contribution in [-0.4, -0.2) is 96.7 Å². The highest BCUT2D eigenvalue weighted by Crippen LogP contribution is 2.45. The van der Waals surface area contributed by atoms with Crippen molar-refractivity contribution in [3.05, 3.63) is 122 Å². The summed E-state index contributed by atoms with van der Waals surface area (Å²) in [6, 6.07) is 0. The number of ether oxygens (including phenoxy) is 4. The van der Waals surface area contributed by atoms with Gasteiger partial charge in [-0.3, -0.25) is 37.3 Å². The van der Waals surface area contributed by atoms with Crippen LogP contribution in [0.2, 0.25) is 0 Å². The van der Waals surface area contributed by atoms with Gasteiger partial charge < -0.3 is 33.8 Å². The monoisotopic (exact) mass is 1470 g/mol. The van der Waals surface area contributed by atoms with Crippen molar-refractivity contribution in [1.29, 1.82) is 0 Å². The van der Waals surface area contributed by atoms with Crippen LogP contribution in [0.4, 0.5) is 0 Å². The van der Waals surface area contributed by atoms with E-state index in [4.69, 9.17) is 37.0 Å². The lowest BCUT2D eigenvalue weighted by atomic mass is 10.0. The van der Waals surface area contributed by atoms with Crippen LogP contribution in [0.15, 0.2) is 122 Å². The minimum atomic E-state index is -4.99. The predicted molar refractivity (Wildman–Crippen MR) is 418 cm³/mol. The molecule has 0 bridgehead atoms. The van der Waals surface area contributed by atoms with Gasteiger partial charge in [-0.15, -0.1) is 0 Å². The van der Waals surface area contributed by atoms with Crippen LogP contribution in [0.1, 0.15) is 323 Å². The molecule has 0 radical (unpaired) electrons. The number of aliphatic hydroxyl groups is 1. The fraction of sp³-hybridized carbons (Fsp3) is 0.711. The van der Waals surface area contributed by atoms with Gasteiger partial charge >= 0.3 is 39.5 Å². The van der Waals surface area contributed by atoms with Gasteiger partial charge in [0.15, 0.2) is 12.2 Å². The van der Waals surface area contributed by atoms with E-state index in [0.29, 0.717) is 32.1 Å². The minimum Gasteiger partial charge on any atom is -0.462 e. The summed E-state index contributed by atoms with van der Waals surface area (Å²) in [7, 11) is -9.98. The zero-order chi connectivity index (χ0) is 74.6. The summed E-state index contributed by atoms with van der Waals surface area (Å²) in [5.74, 6) is -2.26. The van der Waals surface area contributed by atoms with E-state index in [1.165, 1.54) is 64.2 Å². The zero-order valence-electron chi connectivity index (χ0n) is 64.0. The zero-order valence-corrected chi connectivity index (χ0v) is 65.8. The fourth-order valence-corrected chi connectivity index (χ4v) is 12.0. The SMILES string of the molecule is CC/C=C\C/C=C\C/C=C\C/C=C\C/C=C\CCCC(=O)OCC(COP(=O)(O)OCC(O)COP(=O)(O)OCC(COC(=O)CCCCCCCCC/C=C\C/C=C\C/C=C\CC)OC(=O)CCCCCCCCCCCCCCCCC)OC(=O)CCCCCCC/C=C\C/C=C\CCC. The van der Waals surface area contributed by atoms with Gasteiger partial charge in [-0.2, -0.15) is 0 Å². The average molecular weight is 1470 g/mol. The Balaban J connectivity index is 5.40. The maximum absolute atomic E-state index is 13.1. The quantitative estimate of drug-likeness (QED) is 0.0169. The lowest BCUT2D eigenvalue weighted by molar-refractivity contribution is -0.161. The first-order valence-corrected chi connectivity index (χ1v) is 42.8. The molecule has 0 aliphatic heterocycles. The Hall–Kier alpha value is -4.54. The largest absolute Gasteiger partial charge is 0.472 e. The van der Waals surface area contributed by atoms with Crippen molar-refractivity contribution in [2.45, 2.75) is 341 Å². The molecule has 0 saturated heterocycles. The van der Waals surface area contributed by atoms with E-state index in [1.54, 1.807) is 0 Å². The molecule has 0 aromatic rings. The predicted octanol–water partition coefficient (Wildman–Crippen LogP) is 23.1. The molecule has 0 aromatic heterocycles. The number of aliphatic hydroxyl groups excluding tert-OH is 1. The smallest absolute Gasteiger partial charge is 0.462 e. The molecule has 0 aliphatic carbocycles. The lowest BCUT2D eigenvalue weighted by Crippen LogP contribution is -2.30. The topological polar surface area (TPSA) is 237 Å². The summed E-state index contributed by atoms with van der Waals surface area (Å²) in [6.07, 6.45) is 81.8. The number of esters is 4. The Morgan fingerprint density at radius 2 is 0.539 bits per heavy atom. The molecule has 0 fully saturated rings. The van der Waals surface area contributed by atoms with Crippen LogP contribution >= 0.6 is 15.6 Å². The van der Waals surface area contributed by atoms with Gasteiger partial charge in [-0.25, -0.2) is 9.13 Å². The van der Waals surface area contributed by atoms with Gasteiger partial charge in [0, 0.05) is 25.7 Å². The molecule has 17 nitrogen and oxygen atoms in total. The molecule has 5 atom stereocenters. The number of hydrogen-bond acceptors (Lipinski definition) is 15. The second-order valence-corrected chi connectivity index (χ2v) is 29.2. The Morgan fingerprint density at radius 3 is 0.863 bits per heavy atom. The summed E-state index contributed by atoms with van der Waals surface area (Å²) in [4.78, 5) is 73.0. The number of carbonyl (C=O) groups is 4. The van der Waals surface area contributed by atoms with Crippen molar-refractivity contribution in [2.24, 2.45) is 0 Å². The third-order valence-electron chi connectivity index (χ3n) is 16.4. The number of unbranched alkanes of at least 4 members (excludes halogenated alkanes) is 28. The molecule has 5 unspecified atom stereocenters. The molecular weight excluding hydrogens is 1330 g/mol. The Labute approximate surface area is 619 Å².